The van der Waals surface area contributed by atoms with Crippen LogP contribution in [0.3, 0.4) is 0 Å². The summed E-state index contributed by atoms with van der Waals surface area (Å²) in [5, 5.41) is 0. The Morgan fingerprint density at radius 3 is 1.46 bits per heavy atom. The molecule has 0 spiro atoms. The van der Waals surface area contributed by atoms with Gasteiger partial charge in [0, 0.05) is 5.41 Å². The van der Waals surface area contributed by atoms with E-state index < -0.39 is 0 Å². The molecule has 0 aliphatic rings. The van der Waals surface area contributed by atoms with E-state index in [1.807, 2.05) is 27.7 Å². The fourth-order valence-electron chi connectivity index (χ4n) is 1.41. The Hall–Kier alpha value is -0.530. The van der Waals surface area contributed by atoms with Gasteiger partial charge in [-0.3, -0.25) is 4.79 Å². The second-order valence-electron chi connectivity index (χ2n) is 4.99. The Bertz CT molecular complexity index is 154. The molecule has 0 saturated heterocycles. The third-order valence-electron chi connectivity index (χ3n) is 1.64. The minimum atomic E-state index is -0.377. The van der Waals surface area contributed by atoms with Crippen LogP contribution in [-0.4, -0.2) is 5.91 Å². The first-order valence-electron chi connectivity index (χ1n) is 4.95. The summed E-state index contributed by atoms with van der Waals surface area (Å²) in [6.45, 7) is 14.1. The highest BCUT2D eigenvalue weighted by Crippen LogP contribution is 2.32. The third-order valence-corrected chi connectivity index (χ3v) is 1.64. The number of hydrogen-bond acceptors (Lipinski definition) is 1. The molecule has 0 aromatic carbocycles. The number of primary amides is 1. The first-order valence-corrected chi connectivity index (χ1v) is 4.95. The molecule has 0 saturated carbocycles. The van der Waals surface area contributed by atoms with Crippen molar-refractivity contribution in [3.63, 3.8) is 0 Å². The van der Waals surface area contributed by atoms with Gasteiger partial charge in [-0.2, -0.15) is 0 Å². The molecule has 13 heavy (non-hydrogen) atoms. The average Bonchev–Trinajstić information content (AvgIpc) is 1.86. The standard InChI is InChI=1S/C9H19NO.C2H6/c1-8(2,3)6-9(4,5)7(10)11;1-2/h6H2,1-5H3,(H2,10,11);1-2H3. The summed E-state index contributed by atoms with van der Waals surface area (Å²) in [6.07, 6.45) is 0.829. The van der Waals surface area contributed by atoms with E-state index in [1.54, 1.807) is 0 Å². The lowest BCUT2D eigenvalue weighted by atomic mass is 9.76. The van der Waals surface area contributed by atoms with Crippen molar-refractivity contribution in [2.45, 2.75) is 54.9 Å². The Labute approximate surface area is 82.9 Å². The van der Waals surface area contributed by atoms with Crippen molar-refractivity contribution in [2.24, 2.45) is 16.6 Å². The van der Waals surface area contributed by atoms with Crippen molar-refractivity contribution in [3.05, 3.63) is 0 Å². The Balaban J connectivity index is 0. The zero-order valence-electron chi connectivity index (χ0n) is 10.2. The summed E-state index contributed by atoms with van der Waals surface area (Å²) in [7, 11) is 0. The van der Waals surface area contributed by atoms with Gasteiger partial charge in [0.05, 0.1) is 0 Å². The van der Waals surface area contributed by atoms with Gasteiger partial charge in [0.2, 0.25) is 5.91 Å². The van der Waals surface area contributed by atoms with Gasteiger partial charge in [0.15, 0.2) is 0 Å². The molecule has 2 nitrogen and oxygen atoms in total. The van der Waals surface area contributed by atoms with E-state index in [1.165, 1.54) is 0 Å². The maximum Gasteiger partial charge on any atom is 0.223 e. The van der Waals surface area contributed by atoms with Gasteiger partial charge in [-0.1, -0.05) is 48.5 Å². The first kappa shape index (κ1) is 15.0. The number of nitrogens with two attached hydrogens (primary N) is 1. The summed E-state index contributed by atoms with van der Waals surface area (Å²) in [6, 6.07) is 0. The molecule has 2 N–H and O–H groups in total. The second-order valence-corrected chi connectivity index (χ2v) is 4.99. The highest BCUT2D eigenvalue weighted by Gasteiger charge is 2.30. The maximum absolute atomic E-state index is 10.9. The van der Waals surface area contributed by atoms with Gasteiger partial charge in [-0.05, 0) is 11.8 Å². The van der Waals surface area contributed by atoms with Crippen molar-refractivity contribution >= 4 is 5.91 Å². The summed E-state index contributed by atoms with van der Waals surface area (Å²) < 4.78 is 0. The SMILES string of the molecule is CC.CC(C)(C)CC(C)(C)C(N)=O. The molecule has 0 heterocycles. The molecule has 0 atom stereocenters. The molecule has 0 fully saturated rings. The molecule has 0 aromatic heterocycles. The fraction of sp³-hybridized carbons (Fsp3) is 0.909. The van der Waals surface area contributed by atoms with Crippen molar-refractivity contribution in [3.8, 4) is 0 Å². The number of carbonyl (C=O) groups excluding carboxylic acids is 1. The van der Waals surface area contributed by atoms with Crippen LogP contribution in [0.4, 0.5) is 0 Å². The number of carbonyl (C=O) groups is 1. The largest absolute Gasteiger partial charge is 0.369 e. The lowest BCUT2D eigenvalue weighted by Gasteiger charge is -2.29. The van der Waals surface area contributed by atoms with E-state index in [0.29, 0.717) is 0 Å². The predicted molar refractivity (Wildman–Crippen MR) is 58.4 cm³/mol. The van der Waals surface area contributed by atoms with Gasteiger partial charge in [0.25, 0.3) is 0 Å². The molecule has 0 bridgehead atoms. The van der Waals surface area contributed by atoms with Crippen molar-refractivity contribution in [2.75, 3.05) is 0 Å². The van der Waals surface area contributed by atoms with Gasteiger partial charge in [0.1, 0.15) is 0 Å². The van der Waals surface area contributed by atoms with Gasteiger partial charge in [-0.25, -0.2) is 0 Å². The third kappa shape index (κ3) is 7.82. The normalized spacial score (nSPS) is 11.6. The van der Waals surface area contributed by atoms with Gasteiger partial charge >= 0.3 is 0 Å². The zero-order valence-corrected chi connectivity index (χ0v) is 10.2. The fourth-order valence-corrected chi connectivity index (χ4v) is 1.41. The first-order chi connectivity index (χ1) is 5.65. The van der Waals surface area contributed by atoms with Gasteiger partial charge < -0.3 is 5.73 Å². The van der Waals surface area contributed by atoms with Crippen LogP contribution in [0.1, 0.15) is 54.9 Å². The van der Waals surface area contributed by atoms with Crippen LogP contribution in [0.2, 0.25) is 0 Å². The second kappa shape index (κ2) is 5.25. The van der Waals surface area contributed by atoms with Crippen molar-refractivity contribution < 1.29 is 4.79 Å². The van der Waals surface area contributed by atoms with Crippen LogP contribution < -0.4 is 5.73 Å². The highest BCUT2D eigenvalue weighted by atomic mass is 16.1. The van der Waals surface area contributed by atoms with E-state index in [-0.39, 0.29) is 16.7 Å². The molecule has 0 rings (SSSR count). The summed E-state index contributed by atoms with van der Waals surface area (Å²) in [5.41, 5.74) is 5.03. The molecule has 2 heteroatoms. The van der Waals surface area contributed by atoms with Crippen molar-refractivity contribution in [1.82, 2.24) is 0 Å². The molecule has 0 unspecified atom stereocenters. The van der Waals surface area contributed by atoms with E-state index in [4.69, 9.17) is 5.73 Å². The van der Waals surface area contributed by atoms with E-state index in [2.05, 4.69) is 20.8 Å². The molecular weight excluding hydrogens is 162 g/mol. The molecule has 0 aliphatic heterocycles. The van der Waals surface area contributed by atoms with Crippen LogP contribution in [0.25, 0.3) is 0 Å². The van der Waals surface area contributed by atoms with E-state index in [9.17, 15) is 4.79 Å². The topological polar surface area (TPSA) is 43.1 Å². The molecule has 0 aliphatic carbocycles. The predicted octanol–water partition coefficient (Wildman–Crippen LogP) is 2.96. The molecule has 0 radical (unpaired) electrons. The summed E-state index contributed by atoms with van der Waals surface area (Å²) in [4.78, 5) is 10.9. The number of rotatable bonds is 2. The van der Waals surface area contributed by atoms with Crippen LogP contribution in [-0.2, 0) is 4.79 Å². The number of hydrogen-bond donors (Lipinski definition) is 1. The minimum absolute atomic E-state index is 0.165. The molecule has 0 aromatic rings. The van der Waals surface area contributed by atoms with Crippen molar-refractivity contribution in [1.29, 1.82) is 0 Å². The summed E-state index contributed by atoms with van der Waals surface area (Å²) >= 11 is 0. The van der Waals surface area contributed by atoms with Crippen LogP contribution in [0.15, 0.2) is 0 Å². The molecule has 80 valence electrons. The number of amides is 1. The molecular formula is C11H25NO. The van der Waals surface area contributed by atoms with Crippen LogP contribution in [0, 0.1) is 10.8 Å². The summed E-state index contributed by atoms with van der Waals surface area (Å²) in [5.74, 6) is -0.215. The van der Waals surface area contributed by atoms with Gasteiger partial charge in [-0.15, -0.1) is 0 Å². The van der Waals surface area contributed by atoms with Crippen LogP contribution in [0.5, 0.6) is 0 Å². The monoisotopic (exact) mass is 187 g/mol. The Morgan fingerprint density at radius 1 is 1.08 bits per heavy atom. The molecule has 1 amide bonds. The highest BCUT2D eigenvalue weighted by molar-refractivity contribution is 5.79. The Kier molecular flexibility index (Phi) is 6.05. The van der Waals surface area contributed by atoms with E-state index >= 15 is 0 Å². The maximum atomic E-state index is 10.9. The average molecular weight is 187 g/mol. The Morgan fingerprint density at radius 2 is 1.38 bits per heavy atom. The van der Waals surface area contributed by atoms with E-state index in [0.717, 1.165) is 6.42 Å². The quantitative estimate of drug-likeness (QED) is 0.709. The lowest BCUT2D eigenvalue weighted by molar-refractivity contribution is -0.127. The van der Waals surface area contributed by atoms with Crippen LogP contribution >= 0.6 is 0 Å². The lowest BCUT2D eigenvalue weighted by Crippen LogP contribution is -2.34. The zero-order chi connectivity index (χ0) is 11.3. The smallest absolute Gasteiger partial charge is 0.223 e. The minimum Gasteiger partial charge on any atom is -0.369 e.